The largest absolute Gasteiger partial charge is 0.353 e. The van der Waals surface area contributed by atoms with Gasteiger partial charge in [-0.3, -0.25) is 9.59 Å². The summed E-state index contributed by atoms with van der Waals surface area (Å²) in [6, 6.07) is 2.16. The van der Waals surface area contributed by atoms with E-state index in [1.165, 1.54) is 11.3 Å². The molecule has 0 unspecified atom stereocenters. The van der Waals surface area contributed by atoms with E-state index in [0.717, 1.165) is 12.8 Å². The second-order valence-electron chi connectivity index (χ2n) is 3.86. The van der Waals surface area contributed by atoms with Crippen LogP contribution in [-0.4, -0.2) is 24.4 Å². The third-order valence-electron chi connectivity index (χ3n) is 2.36. The minimum Gasteiger partial charge on any atom is -0.353 e. The Hall–Kier alpha value is -1.36. The van der Waals surface area contributed by atoms with Crippen LogP contribution in [0.25, 0.3) is 0 Å². The smallest absolute Gasteiger partial charge is 0.252 e. The van der Waals surface area contributed by atoms with Crippen LogP contribution in [-0.2, 0) is 4.79 Å². The van der Waals surface area contributed by atoms with Crippen LogP contribution in [0.2, 0.25) is 0 Å². The van der Waals surface area contributed by atoms with Crippen molar-refractivity contribution in [2.45, 2.75) is 25.3 Å². The minimum absolute atomic E-state index is 0.0214. The lowest BCUT2D eigenvalue weighted by molar-refractivity contribution is -0.121. The van der Waals surface area contributed by atoms with Crippen molar-refractivity contribution in [3.8, 4) is 0 Å². The first-order valence-electron chi connectivity index (χ1n) is 5.35. The molecule has 1 aromatic heterocycles. The number of carbonyl (C=O) groups excluding carboxylic acids is 2. The second kappa shape index (κ2) is 5.12. The van der Waals surface area contributed by atoms with Gasteiger partial charge in [-0.05, 0) is 24.3 Å². The van der Waals surface area contributed by atoms with Crippen LogP contribution >= 0.6 is 11.3 Å². The summed E-state index contributed by atoms with van der Waals surface area (Å²) < 4.78 is 0. The highest BCUT2D eigenvalue weighted by molar-refractivity contribution is 7.08. The van der Waals surface area contributed by atoms with E-state index in [9.17, 15) is 9.59 Å². The number of thiophene rings is 1. The van der Waals surface area contributed by atoms with Gasteiger partial charge in [0.25, 0.3) is 5.91 Å². The van der Waals surface area contributed by atoms with Gasteiger partial charge in [-0.2, -0.15) is 11.3 Å². The fourth-order valence-corrected chi connectivity index (χ4v) is 1.95. The average Bonchev–Trinajstić information content (AvgIpc) is 2.90. The van der Waals surface area contributed by atoms with Crippen molar-refractivity contribution in [2.24, 2.45) is 0 Å². The second-order valence-corrected chi connectivity index (χ2v) is 4.64. The van der Waals surface area contributed by atoms with Crippen molar-refractivity contribution >= 4 is 23.2 Å². The van der Waals surface area contributed by atoms with Crippen molar-refractivity contribution in [3.05, 3.63) is 22.4 Å². The molecule has 1 aliphatic rings. The normalized spacial score (nSPS) is 14.5. The molecule has 0 aliphatic heterocycles. The van der Waals surface area contributed by atoms with Gasteiger partial charge in [0.05, 0.1) is 0 Å². The third kappa shape index (κ3) is 3.34. The molecule has 2 N–H and O–H groups in total. The molecule has 1 fully saturated rings. The minimum atomic E-state index is -0.111. The summed E-state index contributed by atoms with van der Waals surface area (Å²) >= 11 is 1.48. The topological polar surface area (TPSA) is 58.2 Å². The Morgan fingerprint density at radius 3 is 2.88 bits per heavy atom. The molecule has 0 radical (unpaired) electrons. The van der Waals surface area contributed by atoms with Crippen LogP contribution in [0.4, 0.5) is 0 Å². The first-order chi connectivity index (χ1) is 7.75. The predicted octanol–water partition coefficient (Wildman–Crippen LogP) is 1.15. The van der Waals surface area contributed by atoms with E-state index >= 15 is 0 Å². The standard InChI is InChI=1S/C11H14N2O2S/c14-10(13-9-1-2-9)3-5-12-11(15)8-4-6-16-7-8/h4,6-7,9H,1-3,5H2,(H,12,15)(H,13,14). The number of carbonyl (C=O) groups is 2. The molecule has 0 aromatic carbocycles. The maximum Gasteiger partial charge on any atom is 0.252 e. The molecule has 4 nitrogen and oxygen atoms in total. The molecule has 16 heavy (non-hydrogen) atoms. The number of amides is 2. The van der Waals surface area contributed by atoms with Crippen LogP contribution in [0.5, 0.6) is 0 Å². The van der Waals surface area contributed by atoms with E-state index in [2.05, 4.69) is 10.6 Å². The highest BCUT2D eigenvalue weighted by atomic mass is 32.1. The third-order valence-corrected chi connectivity index (χ3v) is 3.05. The lowest BCUT2D eigenvalue weighted by Gasteiger charge is -2.04. The Labute approximate surface area is 98.0 Å². The number of nitrogens with one attached hydrogen (secondary N) is 2. The van der Waals surface area contributed by atoms with E-state index in [1.54, 1.807) is 11.4 Å². The van der Waals surface area contributed by atoms with Gasteiger partial charge in [0, 0.05) is 30.0 Å². The van der Waals surface area contributed by atoms with Gasteiger partial charge >= 0.3 is 0 Å². The van der Waals surface area contributed by atoms with Crippen LogP contribution < -0.4 is 10.6 Å². The first kappa shape index (κ1) is 11.1. The molecule has 1 saturated carbocycles. The van der Waals surface area contributed by atoms with Gasteiger partial charge in [-0.15, -0.1) is 0 Å². The highest BCUT2D eigenvalue weighted by Gasteiger charge is 2.22. The molecule has 2 rings (SSSR count). The maximum absolute atomic E-state index is 11.5. The van der Waals surface area contributed by atoms with E-state index in [-0.39, 0.29) is 11.8 Å². The summed E-state index contributed by atoms with van der Waals surface area (Å²) in [5, 5.41) is 9.24. The van der Waals surface area contributed by atoms with Gasteiger partial charge in [-0.25, -0.2) is 0 Å². The van der Waals surface area contributed by atoms with Gasteiger partial charge in [0.1, 0.15) is 0 Å². The zero-order chi connectivity index (χ0) is 11.4. The van der Waals surface area contributed by atoms with E-state index in [0.29, 0.717) is 24.6 Å². The SMILES string of the molecule is O=C(CCNC(=O)c1ccsc1)NC1CC1. The molecular formula is C11H14N2O2S. The van der Waals surface area contributed by atoms with Crippen LogP contribution in [0.1, 0.15) is 29.6 Å². The van der Waals surface area contributed by atoms with Gasteiger partial charge in [0.2, 0.25) is 5.91 Å². The van der Waals surface area contributed by atoms with Crippen molar-refractivity contribution in [2.75, 3.05) is 6.54 Å². The molecule has 0 bridgehead atoms. The molecule has 86 valence electrons. The van der Waals surface area contributed by atoms with E-state index in [1.807, 2.05) is 5.38 Å². The molecule has 2 amide bonds. The van der Waals surface area contributed by atoms with Crippen molar-refractivity contribution in [1.82, 2.24) is 10.6 Å². The summed E-state index contributed by atoms with van der Waals surface area (Å²) in [4.78, 5) is 22.8. The maximum atomic E-state index is 11.5. The van der Waals surface area contributed by atoms with E-state index < -0.39 is 0 Å². The Balaban J connectivity index is 1.63. The summed E-state index contributed by atoms with van der Waals surface area (Å²) in [6.45, 7) is 0.396. The highest BCUT2D eigenvalue weighted by Crippen LogP contribution is 2.18. The quantitative estimate of drug-likeness (QED) is 0.808. The first-order valence-corrected chi connectivity index (χ1v) is 6.30. The molecule has 1 heterocycles. The Morgan fingerprint density at radius 1 is 1.44 bits per heavy atom. The van der Waals surface area contributed by atoms with Crippen LogP contribution in [0.3, 0.4) is 0 Å². The van der Waals surface area contributed by atoms with E-state index in [4.69, 9.17) is 0 Å². The monoisotopic (exact) mass is 238 g/mol. The number of hydrogen-bond acceptors (Lipinski definition) is 3. The van der Waals surface area contributed by atoms with Gasteiger partial charge in [0.15, 0.2) is 0 Å². The molecule has 1 aliphatic carbocycles. The summed E-state index contributed by atoms with van der Waals surface area (Å²) in [6.07, 6.45) is 2.53. The zero-order valence-electron chi connectivity index (χ0n) is 8.86. The predicted molar refractivity (Wildman–Crippen MR) is 62.4 cm³/mol. The Morgan fingerprint density at radius 2 is 2.25 bits per heavy atom. The number of rotatable bonds is 5. The van der Waals surface area contributed by atoms with Crippen LogP contribution in [0.15, 0.2) is 16.8 Å². The number of hydrogen-bond donors (Lipinski definition) is 2. The lowest BCUT2D eigenvalue weighted by Crippen LogP contribution is -2.31. The molecular weight excluding hydrogens is 224 g/mol. The zero-order valence-corrected chi connectivity index (χ0v) is 9.68. The molecule has 1 aromatic rings. The fraction of sp³-hybridized carbons (Fsp3) is 0.455. The average molecular weight is 238 g/mol. The molecule has 0 saturated heterocycles. The Bertz CT molecular complexity index is 371. The Kier molecular flexibility index (Phi) is 3.56. The summed E-state index contributed by atoms with van der Waals surface area (Å²) in [5.41, 5.74) is 0.660. The van der Waals surface area contributed by atoms with Gasteiger partial charge in [-0.1, -0.05) is 0 Å². The van der Waals surface area contributed by atoms with Crippen molar-refractivity contribution < 1.29 is 9.59 Å². The van der Waals surface area contributed by atoms with Crippen molar-refractivity contribution in [1.29, 1.82) is 0 Å². The molecule has 0 atom stereocenters. The fourth-order valence-electron chi connectivity index (χ4n) is 1.31. The van der Waals surface area contributed by atoms with Crippen molar-refractivity contribution in [3.63, 3.8) is 0 Å². The summed E-state index contributed by atoms with van der Waals surface area (Å²) in [5.74, 6) is -0.0893. The molecule has 5 heteroatoms. The van der Waals surface area contributed by atoms with Gasteiger partial charge < -0.3 is 10.6 Å². The molecule has 0 spiro atoms. The summed E-state index contributed by atoms with van der Waals surface area (Å²) in [7, 11) is 0. The van der Waals surface area contributed by atoms with Crippen LogP contribution in [0, 0.1) is 0 Å². The lowest BCUT2D eigenvalue weighted by atomic mass is 10.3.